The van der Waals surface area contributed by atoms with E-state index in [1.54, 1.807) is 0 Å². The molecule has 1 fully saturated rings. The van der Waals surface area contributed by atoms with Crippen LogP contribution < -0.4 is 11.1 Å². The first-order valence-electron chi connectivity index (χ1n) is 5.07. The summed E-state index contributed by atoms with van der Waals surface area (Å²) in [6.07, 6.45) is 1.14. The van der Waals surface area contributed by atoms with E-state index in [1.165, 1.54) is 12.3 Å². The van der Waals surface area contributed by atoms with Crippen LogP contribution in [0.4, 0.5) is 0 Å². The number of H-pyrrole nitrogens is 1. The van der Waals surface area contributed by atoms with Crippen molar-refractivity contribution in [3.8, 4) is 0 Å². The standard InChI is InChI=1S/C10H12ClN3O3/c11-5-1-7(13-4-5)8(16)14-10(9(12)17)2-6(15)3-10/h1,4,6,13,15H,2-3H2,(H2,12,17)(H,14,16). The Labute approximate surface area is 102 Å². The number of halogens is 1. The van der Waals surface area contributed by atoms with E-state index < -0.39 is 23.5 Å². The van der Waals surface area contributed by atoms with Crippen LogP contribution >= 0.6 is 11.6 Å². The zero-order valence-corrected chi connectivity index (χ0v) is 9.62. The monoisotopic (exact) mass is 257 g/mol. The maximum Gasteiger partial charge on any atom is 0.268 e. The first kappa shape index (κ1) is 11.9. The molecule has 1 saturated carbocycles. The molecule has 0 aromatic carbocycles. The number of rotatable bonds is 3. The second kappa shape index (κ2) is 4.05. The van der Waals surface area contributed by atoms with Crippen molar-refractivity contribution < 1.29 is 14.7 Å². The Kier molecular flexibility index (Phi) is 2.84. The van der Waals surface area contributed by atoms with Crippen LogP contribution in [0.3, 0.4) is 0 Å². The molecule has 0 spiro atoms. The van der Waals surface area contributed by atoms with Gasteiger partial charge in [-0.2, -0.15) is 0 Å². The minimum Gasteiger partial charge on any atom is -0.393 e. The molecule has 1 heterocycles. The minimum atomic E-state index is -1.14. The molecule has 1 aromatic heterocycles. The number of aliphatic hydroxyl groups is 1. The molecule has 6 nitrogen and oxygen atoms in total. The number of amides is 2. The lowest BCUT2D eigenvalue weighted by molar-refractivity contribution is -0.132. The topological polar surface area (TPSA) is 108 Å². The normalized spacial score (nSPS) is 27.3. The fourth-order valence-corrected chi connectivity index (χ4v) is 2.06. The van der Waals surface area contributed by atoms with Crippen LogP contribution in [0.1, 0.15) is 23.3 Å². The highest BCUT2D eigenvalue weighted by Gasteiger charge is 2.49. The van der Waals surface area contributed by atoms with Crippen LogP contribution in [0.5, 0.6) is 0 Å². The maximum atomic E-state index is 11.8. The molecule has 0 radical (unpaired) electrons. The van der Waals surface area contributed by atoms with Crippen LogP contribution in [0.25, 0.3) is 0 Å². The van der Waals surface area contributed by atoms with Gasteiger partial charge in [-0.25, -0.2) is 0 Å². The van der Waals surface area contributed by atoms with Gasteiger partial charge in [0.2, 0.25) is 5.91 Å². The van der Waals surface area contributed by atoms with Crippen molar-refractivity contribution in [2.75, 3.05) is 0 Å². The molecule has 0 saturated heterocycles. The van der Waals surface area contributed by atoms with E-state index in [2.05, 4.69) is 10.3 Å². The Morgan fingerprint density at radius 3 is 2.65 bits per heavy atom. The van der Waals surface area contributed by atoms with Crippen molar-refractivity contribution in [2.24, 2.45) is 5.73 Å². The molecule has 1 aromatic rings. The summed E-state index contributed by atoms with van der Waals surface area (Å²) >= 11 is 5.67. The highest BCUT2D eigenvalue weighted by molar-refractivity contribution is 6.31. The van der Waals surface area contributed by atoms with Gasteiger partial charge in [-0.1, -0.05) is 11.6 Å². The summed E-state index contributed by atoms with van der Waals surface area (Å²) in [5.41, 5.74) is 4.33. The van der Waals surface area contributed by atoms with Crippen molar-refractivity contribution in [1.82, 2.24) is 10.3 Å². The first-order valence-corrected chi connectivity index (χ1v) is 5.45. The summed E-state index contributed by atoms with van der Waals surface area (Å²) in [6.45, 7) is 0. The van der Waals surface area contributed by atoms with E-state index in [-0.39, 0.29) is 18.5 Å². The molecule has 2 amide bonds. The molecule has 7 heteroatoms. The van der Waals surface area contributed by atoms with Gasteiger partial charge < -0.3 is 21.1 Å². The summed E-state index contributed by atoms with van der Waals surface area (Å²) in [5.74, 6) is -1.11. The number of hydrogen-bond donors (Lipinski definition) is 4. The number of nitrogens with one attached hydrogen (secondary N) is 2. The molecule has 1 aliphatic rings. The predicted molar refractivity (Wildman–Crippen MR) is 60.4 cm³/mol. The van der Waals surface area contributed by atoms with Crippen molar-refractivity contribution in [2.45, 2.75) is 24.5 Å². The molecule has 92 valence electrons. The van der Waals surface area contributed by atoms with Crippen LogP contribution in [-0.4, -0.2) is 33.5 Å². The number of carbonyl (C=O) groups excluding carboxylic acids is 2. The molecule has 0 unspecified atom stereocenters. The van der Waals surface area contributed by atoms with E-state index in [0.717, 1.165) is 0 Å². The first-order chi connectivity index (χ1) is 7.93. The highest BCUT2D eigenvalue weighted by Crippen LogP contribution is 2.32. The smallest absolute Gasteiger partial charge is 0.268 e. The average Bonchev–Trinajstić information content (AvgIpc) is 2.61. The number of primary amides is 1. The second-order valence-electron chi connectivity index (χ2n) is 4.19. The van der Waals surface area contributed by atoms with Gasteiger partial charge >= 0.3 is 0 Å². The molecular weight excluding hydrogens is 246 g/mol. The summed E-state index contributed by atoms with van der Waals surface area (Å²) in [7, 11) is 0. The highest BCUT2D eigenvalue weighted by atomic mass is 35.5. The third-order valence-electron chi connectivity index (χ3n) is 2.89. The second-order valence-corrected chi connectivity index (χ2v) is 4.63. The van der Waals surface area contributed by atoms with E-state index in [1.807, 2.05) is 0 Å². The van der Waals surface area contributed by atoms with Crippen molar-refractivity contribution in [1.29, 1.82) is 0 Å². The van der Waals surface area contributed by atoms with Crippen LogP contribution in [0.15, 0.2) is 12.3 Å². The average molecular weight is 258 g/mol. The van der Waals surface area contributed by atoms with Gasteiger partial charge in [0.1, 0.15) is 11.2 Å². The maximum absolute atomic E-state index is 11.8. The third kappa shape index (κ3) is 2.13. The molecule has 17 heavy (non-hydrogen) atoms. The number of nitrogens with two attached hydrogens (primary N) is 1. The Bertz CT molecular complexity index is 465. The Balaban J connectivity index is 2.10. The Hall–Kier alpha value is -1.53. The molecule has 1 aliphatic carbocycles. The van der Waals surface area contributed by atoms with Gasteiger partial charge in [0.15, 0.2) is 0 Å². The third-order valence-corrected chi connectivity index (χ3v) is 3.10. The number of carbonyl (C=O) groups is 2. The molecule has 0 atom stereocenters. The van der Waals surface area contributed by atoms with Gasteiger partial charge in [0.25, 0.3) is 5.91 Å². The lowest BCUT2D eigenvalue weighted by Gasteiger charge is -2.42. The quantitative estimate of drug-likeness (QED) is 0.601. The number of aromatic nitrogens is 1. The summed E-state index contributed by atoms with van der Waals surface area (Å²) in [6, 6.07) is 1.45. The van der Waals surface area contributed by atoms with E-state index in [0.29, 0.717) is 5.02 Å². The van der Waals surface area contributed by atoms with Crippen LogP contribution in [0, 0.1) is 0 Å². The van der Waals surface area contributed by atoms with E-state index >= 15 is 0 Å². The Morgan fingerprint density at radius 1 is 1.59 bits per heavy atom. The SMILES string of the molecule is NC(=O)C1(NC(=O)c2cc(Cl)c[nH]2)CC(O)C1. The fraction of sp³-hybridized carbons (Fsp3) is 0.400. The van der Waals surface area contributed by atoms with Crippen molar-refractivity contribution in [3.63, 3.8) is 0 Å². The predicted octanol–water partition coefficient (Wildman–Crippen LogP) is -0.223. The molecule has 5 N–H and O–H groups in total. The minimum absolute atomic E-state index is 0.141. The van der Waals surface area contributed by atoms with Crippen molar-refractivity contribution in [3.05, 3.63) is 23.0 Å². The summed E-state index contributed by atoms with van der Waals surface area (Å²) < 4.78 is 0. The van der Waals surface area contributed by atoms with Crippen molar-refractivity contribution >= 4 is 23.4 Å². The summed E-state index contributed by atoms with van der Waals surface area (Å²) in [5, 5.41) is 12.2. The zero-order chi connectivity index (χ0) is 12.6. The van der Waals surface area contributed by atoms with E-state index in [9.17, 15) is 14.7 Å². The van der Waals surface area contributed by atoms with Gasteiger partial charge in [0.05, 0.1) is 11.1 Å². The van der Waals surface area contributed by atoms with Gasteiger partial charge in [-0.3, -0.25) is 9.59 Å². The zero-order valence-electron chi connectivity index (χ0n) is 8.87. The number of hydrogen-bond acceptors (Lipinski definition) is 3. The number of aromatic amines is 1. The van der Waals surface area contributed by atoms with Crippen LogP contribution in [0.2, 0.25) is 5.02 Å². The lowest BCUT2D eigenvalue weighted by atomic mass is 9.73. The Morgan fingerprint density at radius 2 is 2.24 bits per heavy atom. The molecule has 0 aliphatic heterocycles. The fourth-order valence-electron chi connectivity index (χ4n) is 1.89. The largest absolute Gasteiger partial charge is 0.393 e. The molecule has 2 rings (SSSR count). The van der Waals surface area contributed by atoms with Gasteiger partial charge in [0, 0.05) is 19.0 Å². The molecular formula is C10H12ClN3O3. The summed E-state index contributed by atoms with van der Waals surface area (Å²) in [4.78, 5) is 25.7. The van der Waals surface area contributed by atoms with E-state index in [4.69, 9.17) is 17.3 Å². The molecule has 0 bridgehead atoms. The van der Waals surface area contributed by atoms with Gasteiger partial charge in [-0.05, 0) is 6.07 Å². The lowest BCUT2D eigenvalue weighted by Crippen LogP contribution is -2.66. The number of aliphatic hydroxyl groups excluding tert-OH is 1. The van der Waals surface area contributed by atoms with Crippen LogP contribution in [-0.2, 0) is 4.79 Å². The van der Waals surface area contributed by atoms with Gasteiger partial charge in [-0.15, -0.1) is 0 Å².